The van der Waals surface area contributed by atoms with E-state index in [0.717, 1.165) is 11.3 Å². The summed E-state index contributed by atoms with van der Waals surface area (Å²) in [6, 6.07) is 15.6. The van der Waals surface area contributed by atoms with Crippen molar-refractivity contribution in [2.75, 3.05) is 5.43 Å². The molecule has 0 saturated carbocycles. The highest BCUT2D eigenvalue weighted by Gasteiger charge is 1.91. The van der Waals surface area contributed by atoms with E-state index >= 15 is 0 Å². The number of anilines is 1. The third-order valence-electron chi connectivity index (χ3n) is 2.27. The first-order chi connectivity index (χ1) is 8.24. The maximum Gasteiger partial charge on any atom is 0.0564 e. The van der Waals surface area contributed by atoms with Crippen LogP contribution in [0, 0.1) is 6.92 Å². The van der Waals surface area contributed by atoms with E-state index in [1.165, 1.54) is 5.56 Å². The summed E-state index contributed by atoms with van der Waals surface area (Å²) in [4.78, 5) is 0. The summed E-state index contributed by atoms with van der Waals surface area (Å²) < 4.78 is 0. The molecule has 2 aromatic rings. The normalized spacial score (nSPS) is 10.7. The lowest BCUT2D eigenvalue weighted by molar-refractivity contribution is 1.33. The molecular weight excluding hydrogens is 232 g/mol. The van der Waals surface area contributed by atoms with Crippen LogP contribution in [0.3, 0.4) is 0 Å². The number of benzene rings is 2. The van der Waals surface area contributed by atoms with Gasteiger partial charge in [-0.1, -0.05) is 35.9 Å². The van der Waals surface area contributed by atoms with Crippen molar-refractivity contribution < 1.29 is 0 Å². The van der Waals surface area contributed by atoms with Crippen LogP contribution in [0.4, 0.5) is 5.69 Å². The molecular formula is C14H13ClN2. The molecule has 0 fully saturated rings. The number of hydrogen-bond acceptors (Lipinski definition) is 2. The van der Waals surface area contributed by atoms with Crippen LogP contribution >= 0.6 is 11.6 Å². The van der Waals surface area contributed by atoms with E-state index in [1.807, 2.05) is 55.5 Å². The second kappa shape index (κ2) is 5.51. The van der Waals surface area contributed by atoms with Crippen molar-refractivity contribution in [3.63, 3.8) is 0 Å². The van der Waals surface area contributed by atoms with Gasteiger partial charge >= 0.3 is 0 Å². The second-order valence-corrected chi connectivity index (χ2v) is 4.23. The Kier molecular flexibility index (Phi) is 3.78. The van der Waals surface area contributed by atoms with Crippen molar-refractivity contribution in [1.82, 2.24) is 0 Å². The highest BCUT2D eigenvalue weighted by Crippen LogP contribution is 2.10. The van der Waals surface area contributed by atoms with Crippen molar-refractivity contribution >= 4 is 23.5 Å². The summed E-state index contributed by atoms with van der Waals surface area (Å²) in [5.74, 6) is 0. The van der Waals surface area contributed by atoms with Crippen LogP contribution in [-0.4, -0.2) is 6.21 Å². The Morgan fingerprint density at radius 3 is 2.71 bits per heavy atom. The quantitative estimate of drug-likeness (QED) is 0.638. The molecule has 0 aliphatic rings. The third-order valence-corrected chi connectivity index (χ3v) is 2.51. The molecule has 0 unspecified atom stereocenters. The van der Waals surface area contributed by atoms with Gasteiger partial charge in [-0.3, -0.25) is 5.43 Å². The van der Waals surface area contributed by atoms with Crippen LogP contribution < -0.4 is 5.43 Å². The summed E-state index contributed by atoms with van der Waals surface area (Å²) >= 11 is 5.88. The van der Waals surface area contributed by atoms with E-state index in [-0.39, 0.29) is 0 Å². The van der Waals surface area contributed by atoms with Crippen molar-refractivity contribution in [3.05, 3.63) is 64.7 Å². The van der Waals surface area contributed by atoms with Gasteiger partial charge in [-0.15, -0.1) is 0 Å². The molecule has 2 aromatic carbocycles. The molecule has 1 N–H and O–H groups in total. The Morgan fingerprint density at radius 1 is 1.12 bits per heavy atom. The number of halogens is 1. The summed E-state index contributed by atoms with van der Waals surface area (Å²) in [7, 11) is 0. The monoisotopic (exact) mass is 244 g/mol. The first-order valence-electron chi connectivity index (χ1n) is 5.35. The number of nitrogens with zero attached hydrogens (tertiary/aromatic N) is 1. The lowest BCUT2D eigenvalue weighted by atomic mass is 10.2. The Balaban J connectivity index is 2.03. The zero-order valence-electron chi connectivity index (χ0n) is 9.52. The molecule has 0 spiro atoms. The van der Waals surface area contributed by atoms with Gasteiger partial charge in [0.05, 0.1) is 11.9 Å². The molecule has 0 saturated heterocycles. The number of nitrogens with one attached hydrogen (secondary N) is 1. The summed E-state index contributed by atoms with van der Waals surface area (Å²) in [6.45, 7) is 2.05. The molecule has 0 atom stereocenters. The van der Waals surface area contributed by atoms with Gasteiger partial charge in [-0.25, -0.2) is 0 Å². The predicted molar refractivity (Wildman–Crippen MR) is 73.8 cm³/mol. The van der Waals surface area contributed by atoms with Crippen LogP contribution in [0.1, 0.15) is 11.1 Å². The number of hydrogen-bond donors (Lipinski definition) is 1. The van der Waals surface area contributed by atoms with Crippen LogP contribution in [0.2, 0.25) is 5.02 Å². The largest absolute Gasteiger partial charge is 0.278 e. The molecule has 86 valence electrons. The first-order valence-corrected chi connectivity index (χ1v) is 5.73. The number of aryl methyl sites for hydroxylation is 1. The minimum absolute atomic E-state index is 0.713. The van der Waals surface area contributed by atoms with E-state index < -0.39 is 0 Å². The number of hydrazone groups is 1. The van der Waals surface area contributed by atoms with Gasteiger partial charge in [0.2, 0.25) is 0 Å². The average Bonchev–Trinajstić information content (AvgIpc) is 2.29. The van der Waals surface area contributed by atoms with Gasteiger partial charge in [0.25, 0.3) is 0 Å². The molecule has 0 aliphatic heterocycles. The smallest absolute Gasteiger partial charge is 0.0564 e. The van der Waals surface area contributed by atoms with E-state index in [0.29, 0.717) is 5.02 Å². The number of rotatable bonds is 3. The molecule has 17 heavy (non-hydrogen) atoms. The lowest BCUT2D eigenvalue weighted by Crippen LogP contribution is -1.90. The fourth-order valence-electron chi connectivity index (χ4n) is 1.48. The van der Waals surface area contributed by atoms with Gasteiger partial charge in [0.15, 0.2) is 0 Å². The topological polar surface area (TPSA) is 24.4 Å². The van der Waals surface area contributed by atoms with Gasteiger partial charge in [-0.05, 0) is 42.3 Å². The van der Waals surface area contributed by atoms with E-state index in [9.17, 15) is 0 Å². The van der Waals surface area contributed by atoms with Crippen molar-refractivity contribution in [1.29, 1.82) is 0 Å². The molecule has 2 nitrogen and oxygen atoms in total. The molecule has 0 radical (unpaired) electrons. The molecule has 3 heteroatoms. The van der Waals surface area contributed by atoms with Crippen LogP contribution in [0.25, 0.3) is 0 Å². The molecule has 0 aliphatic carbocycles. The maximum atomic E-state index is 5.88. The summed E-state index contributed by atoms with van der Waals surface area (Å²) in [5, 5.41) is 4.87. The summed E-state index contributed by atoms with van der Waals surface area (Å²) in [5.41, 5.74) is 6.13. The third kappa shape index (κ3) is 3.61. The summed E-state index contributed by atoms with van der Waals surface area (Å²) in [6.07, 6.45) is 1.74. The molecule has 0 amide bonds. The Labute approximate surface area is 106 Å². The molecule has 2 rings (SSSR count). The van der Waals surface area contributed by atoms with E-state index in [1.54, 1.807) is 6.21 Å². The highest BCUT2D eigenvalue weighted by atomic mass is 35.5. The Hall–Kier alpha value is -1.80. The molecule has 0 aromatic heterocycles. The minimum atomic E-state index is 0.713. The van der Waals surface area contributed by atoms with E-state index in [2.05, 4.69) is 10.5 Å². The molecule has 0 bridgehead atoms. The average molecular weight is 245 g/mol. The van der Waals surface area contributed by atoms with Gasteiger partial charge in [-0.2, -0.15) is 5.10 Å². The second-order valence-electron chi connectivity index (χ2n) is 3.79. The van der Waals surface area contributed by atoms with Crippen molar-refractivity contribution in [2.24, 2.45) is 5.10 Å². The Morgan fingerprint density at radius 2 is 1.94 bits per heavy atom. The minimum Gasteiger partial charge on any atom is -0.278 e. The highest BCUT2D eigenvalue weighted by molar-refractivity contribution is 6.30. The van der Waals surface area contributed by atoms with Crippen molar-refractivity contribution in [3.8, 4) is 0 Å². The van der Waals surface area contributed by atoms with Crippen LogP contribution in [0.5, 0.6) is 0 Å². The zero-order chi connectivity index (χ0) is 12.1. The SMILES string of the molecule is Cc1cccc(N/N=C/c2cccc(Cl)c2)c1. The van der Waals surface area contributed by atoms with Crippen LogP contribution in [-0.2, 0) is 0 Å². The fraction of sp³-hybridized carbons (Fsp3) is 0.0714. The predicted octanol–water partition coefficient (Wildman–Crippen LogP) is 4.09. The lowest BCUT2D eigenvalue weighted by Gasteiger charge is -2.00. The maximum absolute atomic E-state index is 5.88. The first kappa shape index (κ1) is 11.7. The zero-order valence-corrected chi connectivity index (χ0v) is 10.3. The van der Waals surface area contributed by atoms with Gasteiger partial charge in [0, 0.05) is 5.02 Å². The van der Waals surface area contributed by atoms with Crippen LogP contribution in [0.15, 0.2) is 53.6 Å². The van der Waals surface area contributed by atoms with Gasteiger partial charge < -0.3 is 0 Å². The van der Waals surface area contributed by atoms with E-state index in [4.69, 9.17) is 11.6 Å². The molecule has 0 heterocycles. The Bertz CT molecular complexity index is 535. The van der Waals surface area contributed by atoms with Crippen molar-refractivity contribution in [2.45, 2.75) is 6.92 Å². The standard InChI is InChI=1S/C14H13ClN2/c1-11-4-2-7-14(8-11)17-16-10-12-5-3-6-13(15)9-12/h2-10,17H,1H3/b16-10+. The van der Waals surface area contributed by atoms with Gasteiger partial charge in [0.1, 0.15) is 0 Å². The fourth-order valence-corrected chi connectivity index (χ4v) is 1.68.